The first kappa shape index (κ1) is 16.9. The van der Waals surface area contributed by atoms with Crippen LogP contribution in [0.4, 0.5) is 8.78 Å². The zero-order valence-corrected chi connectivity index (χ0v) is 14.6. The Kier molecular flexibility index (Phi) is 5.38. The van der Waals surface area contributed by atoms with Gasteiger partial charge in [-0.05, 0) is 73.0 Å². The minimum absolute atomic E-state index is 0.541. The molecule has 3 rings (SSSR count). The fourth-order valence-corrected chi connectivity index (χ4v) is 4.94. The Balaban J connectivity index is 1.70. The van der Waals surface area contributed by atoms with Crippen LogP contribution in [0.15, 0.2) is 6.07 Å². The van der Waals surface area contributed by atoms with E-state index in [9.17, 15) is 8.78 Å². The summed E-state index contributed by atoms with van der Waals surface area (Å²) in [6.45, 7) is 4.16. The third kappa shape index (κ3) is 3.46. The van der Waals surface area contributed by atoms with Crippen molar-refractivity contribution in [3.63, 3.8) is 0 Å². The van der Waals surface area contributed by atoms with Crippen LogP contribution in [0.1, 0.15) is 75.5 Å². The summed E-state index contributed by atoms with van der Waals surface area (Å²) in [5, 5.41) is 0. The monoisotopic (exact) mass is 320 g/mol. The maximum Gasteiger partial charge on any atom is 0.162 e. The molecule has 0 N–H and O–H groups in total. The van der Waals surface area contributed by atoms with Crippen molar-refractivity contribution in [3.8, 4) is 0 Å². The van der Waals surface area contributed by atoms with Crippen molar-refractivity contribution in [2.24, 2.45) is 17.8 Å². The van der Waals surface area contributed by atoms with Gasteiger partial charge in [0.25, 0.3) is 0 Å². The standard InChI is InChI=1S/C21H30F2/c1-3-5-14-6-8-16(9-7-14)17-10-11-18-12-15(4-2)20(22)21(23)19(18)13-17/h12,14,16-17H,3-11,13H2,1-2H3. The summed E-state index contributed by atoms with van der Waals surface area (Å²) < 4.78 is 28.6. The van der Waals surface area contributed by atoms with Crippen LogP contribution in [0, 0.1) is 29.4 Å². The molecule has 0 aliphatic heterocycles. The number of hydrogen-bond acceptors (Lipinski definition) is 0. The molecule has 0 aromatic heterocycles. The minimum atomic E-state index is -0.599. The van der Waals surface area contributed by atoms with Gasteiger partial charge in [0, 0.05) is 0 Å². The van der Waals surface area contributed by atoms with Crippen LogP contribution in [0.2, 0.25) is 0 Å². The van der Waals surface area contributed by atoms with Crippen LogP contribution >= 0.6 is 0 Å². The number of hydrogen-bond donors (Lipinski definition) is 0. The molecule has 1 aromatic carbocycles. The van der Waals surface area contributed by atoms with E-state index in [4.69, 9.17) is 0 Å². The van der Waals surface area contributed by atoms with Crippen molar-refractivity contribution in [1.82, 2.24) is 0 Å². The van der Waals surface area contributed by atoms with E-state index in [1.165, 1.54) is 38.5 Å². The summed E-state index contributed by atoms with van der Waals surface area (Å²) in [6, 6.07) is 1.92. The smallest absolute Gasteiger partial charge is 0.162 e. The highest BCUT2D eigenvalue weighted by atomic mass is 19.2. The van der Waals surface area contributed by atoms with E-state index in [-0.39, 0.29) is 0 Å². The summed E-state index contributed by atoms with van der Waals surface area (Å²) in [5.74, 6) is 1.05. The van der Waals surface area contributed by atoms with Gasteiger partial charge in [-0.2, -0.15) is 0 Å². The SMILES string of the molecule is CCCC1CCC(C2CCc3cc(CC)c(F)c(F)c3C2)CC1. The maximum atomic E-state index is 14.5. The van der Waals surface area contributed by atoms with Crippen molar-refractivity contribution >= 4 is 0 Å². The molecule has 128 valence electrons. The molecule has 1 saturated carbocycles. The van der Waals surface area contributed by atoms with E-state index in [1.54, 1.807) is 0 Å². The van der Waals surface area contributed by atoms with Crippen molar-refractivity contribution in [1.29, 1.82) is 0 Å². The topological polar surface area (TPSA) is 0 Å². The lowest BCUT2D eigenvalue weighted by Gasteiger charge is -2.36. The second-order valence-corrected chi connectivity index (χ2v) is 7.73. The van der Waals surface area contributed by atoms with E-state index in [2.05, 4.69) is 6.92 Å². The Morgan fingerprint density at radius 2 is 1.70 bits per heavy atom. The summed E-state index contributed by atoms with van der Waals surface area (Å²) >= 11 is 0. The Labute approximate surface area is 139 Å². The van der Waals surface area contributed by atoms with Crippen LogP contribution < -0.4 is 0 Å². The molecule has 0 radical (unpaired) electrons. The Hall–Kier alpha value is -0.920. The average molecular weight is 320 g/mol. The predicted octanol–water partition coefficient (Wildman–Crippen LogP) is 6.24. The molecule has 0 heterocycles. The average Bonchev–Trinajstić information content (AvgIpc) is 2.59. The van der Waals surface area contributed by atoms with Gasteiger partial charge in [0.2, 0.25) is 0 Å². The third-order valence-electron chi connectivity index (χ3n) is 6.36. The molecule has 2 aliphatic carbocycles. The lowest BCUT2D eigenvalue weighted by molar-refractivity contribution is 0.182. The highest BCUT2D eigenvalue weighted by Crippen LogP contribution is 2.41. The van der Waals surface area contributed by atoms with Gasteiger partial charge in [-0.1, -0.05) is 45.6 Å². The fraction of sp³-hybridized carbons (Fsp3) is 0.714. The van der Waals surface area contributed by atoms with Gasteiger partial charge in [0.1, 0.15) is 0 Å². The molecule has 0 spiro atoms. The first-order valence-corrected chi connectivity index (χ1v) is 9.62. The highest BCUT2D eigenvalue weighted by molar-refractivity contribution is 5.37. The molecule has 23 heavy (non-hydrogen) atoms. The zero-order chi connectivity index (χ0) is 16.4. The van der Waals surface area contributed by atoms with Crippen molar-refractivity contribution in [2.75, 3.05) is 0 Å². The number of fused-ring (bicyclic) bond motifs is 1. The molecule has 0 nitrogen and oxygen atoms in total. The number of rotatable bonds is 4. The minimum Gasteiger partial charge on any atom is -0.203 e. The lowest BCUT2D eigenvalue weighted by atomic mass is 9.69. The fourth-order valence-electron chi connectivity index (χ4n) is 4.94. The van der Waals surface area contributed by atoms with E-state index < -0.39 is 11.6 Å². The summed E-state index contributed by atoms with van der Waals surface area (Å²) in [6.07, 6.45) is 11.3. The molecule has 2 aliphatic rings. The lowest BCUT2D eigenvalue weighted by Crippen LogP contribution is -2.27. The first-order valence-electron chi connectivity index (χ1n) is 9.62. The maximum absolute atomic E-state index is 14.5. The second-order valence-electron chi connectivity index (χ2n) is 7.73. The number of halogens is 2. The van der Waals surface area contributed by atoms with E-state index in [0.29, 0.717) is 23.5 Å². The number of benzene rings is 1. The largest absolute Gasteiger partial charge is 0.203 e. The Bertz CT molecular complexity index is 541. The van der Waals surface area contributed by atoms with Gasteiger partial charge < -0.3 is 0 Å². The van der Waals surface area contributed by atoms with Crippen LogP contribution in [-0.4, -0.2) is 0 Å². The van der Waals surface area contributed by atoms with Crippen LogP contribution in [0.3, 0.4) is 0 Å². The molecule has 0 saturated heterocycles. The molecule has 2 heteroatoms. The molecule has 0 amide bonds. The third-order valence-corrected chi connectivity index (χ3v) is 6.36. The molecule has 0 bridgehead atoms. The van der Waals surface area contributed by atoms with Gasteiger partial charge in [0.05, 0.1) is 0 Å². The highest BCUT2D eigenvalue weighted by Gasteiger charge is 2.32. The molecule has 1 atom stereocenters. The Morgan fingerprint density at radius 3 is 2.35 bits per heavy atom. The van der Waals surface area contributed by atoms with Crippen LogP contribution in [0.5, 0.6) is 0 Å². The van der Waals surface area contributed by atoms with Crippen molar-refractivity contribution in [3.05, 3.63) is 34.4 Å². The summed E-state index contributed by atoms with van der Waals surface area (Å²) in [4.78, 5) is 0. The van der Waals surface area contributed by atoms with Gasteiger partial charge in [-0.3, -0.25) is 0 Å². The van der Waals surface area contributed by atoms with Gasteiger partial charge in [0.15, 0.2) is 11.6 Å². The van der Waals surface area contributed by atoms with Crippen molar-refractivity contribution in [2.45, 2.75) is 78.1 Å². The van der Waals surface area contributed by atoms with Gasteiger partial charge in [-0.25, -0.2) is 8.78 Å². The van der Waals surface area contributed by atoms with Crippen molar-refractivity contribution < 1.29 is 8.78 Å². The van der Waals surface area contributed by atoms with E-state index >= 15 is 0 Å². The molecular weight excluding hydrogens is 290 g/mol. The second kappa shape index (κ2) is 7.32. The number of aryl methyl sites for hydroxylation is 2. The predicted molar refractivity (Wildman–Crippen MR) is 91.6 cm³/mol. The van der Waals surface area contributed by atoms with Crippen LogP contribution in [0.25, 0.3) is 0 Å². The molecular formula is C21H30F2. The zero-order valence-electron chi connectivity index (χ0n) is 14.6. The van der Waals surface area contributed by atoms with Gasteiger partial charge in [-0.15, -0.1) is 0 Å². The summed E-state index contributed by atoms with van der Waals surface area (Å²) in [5.41, 5.74) is 2.29. The molecule has 1 unspecified atom stereocenters. The molecule has 1 fully saturated rings. The van der Waals surface area contributed by atoms with Crippen LogP contribution in [-0.2, 0) is 19.3 Å². The van der Waals surface area contributed by atoms with E-state index in [0.717, 1.165) is 36.7 Å². The molecule has 1 aromatic rings. The summed E-state index contributed by atoms with van der Waals surface area (Å²) in [7, 11) is 0. The van der Waals surface area contributed by atoms with Gasteiger partial charge >= 0.3 is 0 Å². The Morgan fingerprint density at radius 1 is 0.957 bits per heavy atom. The first-order chi connectivity index (χ1) is 11.1. The normalized spacial score (nSPS) is 27.7. The van der Waals surface area contributed by atoms with E-state index in [1.807, 2.05) is 13.0 Å². The quantitative estimate of drug-likeness (QED) is 0.616.